The summed E-state index contributed by atoms with van der Waals surface area (Å²) in [6, 6.07) is 13.4. The van der Waals surface area contributed by atoms with Crippen LogP contribution in [0.1, 0.15) is 30.9 Å². The number of hydrogen-bond donors (Lipinski definition) is 0. The van der Waals surface area contributed by atoms with Gasteiger partial charge in [0, 0.05) is 31.4 Å². The average Bonchev–Trinajstić information content (AvgIpc) is 3.58. The quantitative estimate of drug-likeness (QED) is 0.340. The third kappa shape index (κ3) is 5.02. The van der Waals surface area contributed by atoms with Gasteiger partial charge in [0.05, 0.1) is 16.8 Å². The van der Waals surface area contributed by atoms with Crippen LogP contribution in [-0.2, 0) is 27.8 Å². The molecule has 0 aliphatic carbocycles. The molecule has 3 aromatic heterocycles. The van der Waals surface area contributed by atoms with Crippen LogP contribution >= 0.6 is 22.7 Å². The second-order valence-electron chi connectivity index (χ2n) is 8.55. The number of carbonyl (C=O) groups is 1. The maximum absolute atomic E-state index is 13.8. The third-order valence-electron chi connectivity index (χ3n) is 6.30. The molecule has 4 aromatic rings. The highest BCUT2D eigenvalue weighted by molar-refractivity contribution is 7.91. The fraction of sp³-hybridized carbons (Fsp3) is 0.320. The maximum atomic E-state index is 13.8. The van der Waals surface area contributed by atoms with E-state index in [-0.39, 0.29) is 11.8 Å². The van der Waals surface area contributed by atoms with Gasteiger partial charge in [-0.1, -0.05) is 36.5 Å². The lowest BCUT2D eigenvalue weighted by atomic mass is 9.96. The van der Waals surface area contributed by atoms with Gasteiger partial charge in [0.1, 0.15) is 4.21 Å². The Bertz CT molecular complexity index is 1410. The molecule has 0 N–H and O–H groups in total. The first kappa shape index (κ1) is 24.1. The van der Waals surface area contributed by atoms with Crippen LogP contribution in [0.15, 0.2) is 64.4 Å². The maximum Gasteiger partial charge on any atom is 0.252 e. The van der Waals surface area contributed by atoms with E-state index in [0.717, 1.165) is 22.2 Å². The van der Waals surface area contributed by atoms with Gasteiger partial charge in [-0.15, -0.1) is 11.3 Å². The molecule has 10 heteroatoms. The first-order valence-corrected chi connectivity index (χ1v) is 14.7. The van der Waals surface area contributed by atoms with Crippen molar-refractivity contribution in [3.05, 3.63) is 71.4 Å². The largest absolute Gasteiger partial charge is 0.283 e. The predicted molar refractivity (Wildman–Crippen MR) is 140 cm³/mol. The van der Waals surface area contributed by atoms with E-state index in [2.05, 4.69) is 24.0 Å². The second kappa shape index (κ2) is 10.1. The van der Waals surface area contributed by atoms with Crippen molar-refractivity contribution in [3.8, 4) is 0 Å². The summed E-state index contributed by atoms with van der Waals surface area (Å²) < 4.78 is 28.7. The standard InChI is InChI=1S/C25H26N4O3S3/c1-2-18-7-8-21-22(15-18)34-25(27-21)29(17-19-5-3-11-26-16-19)24(30)20-9-12-28(13-10-20)35(31,32)23-6-4-14-33-23/h3-8,11,14-16,20H,2,9-10,12-13,17H2,1H3. The van der Waals surface area contributed by atoms with E-state index in [9.17, 15) is 13.2 Å². The van der Waals surface area contributed by atoms with Gasteiger partial charge in [-0.25, -0.2) is 13.4 Å². The number of piperidine rings is 1. The molecular weight excluding hydrogens is 501 g/mol. The number of fused-ring (bicyclic) bond motifs is 1. The summed E-state index contributed by atoms with van der Waals surface area (Å²) >= 11 is 2.74. The highest BCUT2D eigenvalue weighted by atomic mass is 32.2. The minimum absolute atomic E-state index is 0.0169. The van der Waals surface area contributed by atoms with E-state index in [1.165, 1.54) is 32.5 Å². The minimum atomic E-state index is -3.50. The molecular formula is C25H26N4O3S3. The molecule has 4 heterocycles. The molecule has 5 rings (SSSR count). The van der Waals surface area contributed by atoms with E-state index in [4.69, 9.17) is 4.98 Å². The molecule has 0 atom stereocenters. The molecule has 7 nitrogen and oxygen atoms in total. The Morgan fingerprint density at radius 2 is 1.97 bits per heavy atom. The lowest BCUT2D eigenvalue weighted by Gasteiger charge is -2.32. The summed E-state index contributed by atoms with van der Waals surface area (Å²) in [5.41, 5.74) is 3.03. The highest BCUT2D eigenvalue weighted by Gasteiger charge is 2.35. The molecule has 1 amide bonds. The number of thiophene rings is 1. The first-order valence-electron chi connectivity index (χ1n) is 11.6. The van der Waals surface area contributed by atoms with E-state index in [1.54, 1.807) is 34.8 Å². The normalized spacial score (nSPS) is 15.5. The van der Waals surface area contributed by atoms with E-state index in [0.29, 0.717) is 41.8 Å². The number of carbonyl (C=O) groups excluding carboxylic acids is 1. The zero-order chi connectivity index (χ0) is 24.4. The van der Waals surface area contributed by atoms with Crippen LogP contribution in [0.3, 0.4) is 0 Å². The monoisotopic (exact) mass is 526 g/mol. The highest BCUT2D eigenvalue weighted by Crippen LogP contribution is 2.34. The number of anilines is 1. The molecule has 1 aliphatic rings. The Hall–Kier alpha value is -2.66. The Morgan fingerprint density at radius 1 is 1.14 bits per heavy atom. The number of pyridine rings is 1. The summed E-state index contributed by atoms with van der Waals surface area (Å²) in [6.45, 7) is 3.15. The van der Waals surface area contributed by atoms with Crippen molar-refractivity contribution < 1.29 is 13.2 Å². The summed E-state index contributed by atoms with van der Waals surface area (Å²) in [5, 5.41) is 2.43. The van der Waals surface area contributed by atoms with Crippen LogP contribution in [0.5, 0.6) is 0 Å². The fourth-order valence-corrected chi connectivity index (χ4v) is 7.96. The number of nitrogens with zero attached hydrogens (tertiary/aromatic N) is 4. The molecule has 1 fully saturated rings. The zero-order valence-corrected chi connectivity index (χ0v) is 21.8. The van der Waals surface area contributed by atoms with Crippen molar-refractivity contribution in [2.75, 3.05) is 18.0 Å². The van der Waals surface area contributed by atoms with Crippen LogP contribution in [0.25, 0.3) is 10.2 Å². The molecule has 0 radical (unpaired) electrons. The topological polar surface area (TPSA) is 83.5 Å². The number of sulfonamides is 1. The number of thiazole rings is 1. The number of rotatable bonds is 7. The lowest BCUT2D eigenvalue weighted by molar-refractivity contribution is -0.123. The van der Waals surface area contributed by atoms with E-state index >= 15 is 0 Å². The van der Waals surface area contributed by atoms with Crippen molar-refractivity contribution in [1.29, 1.82) is 0 Å². The van der Waals surface area contributed by atoms with Crippen molar-refractivity contribution in [3.63, 3.8) is 0 Å². The van der Waals surface area contributed by atoms with Crippen LogP contribution in [0, 0.1) is 5.92 Å². The number of hydrogen-bond acceptors (Lipinski definition) is 7. The Balaban J connectivity index is 1.39. The molecule has 0 unspecified atom stereocenters. The van der Waals surface area contributed by atoms with Gasteiger partial charge in [-0.2, -0.15) is 4.31 Å². The van der Waals surface area contributed by atoms with Gasteiger partial charge in [0.25, 0.3) is 10.0 Å². The molecule has 1 aromatic carbocycles. The molecule has 0 spiro atoms. The van der Waals surface area contributed by atoms with Crippen LogP contribution in [0.2, 0.25) is 0 Å². The molecule has 1 saturated heterocycles. The zero-order valence-electron chi connectivity index (χ0n) is 19.3. The second-order valence-corrected chi connectivity index (χ2v) is 12.7. The lowest BCUT2D eigenvalue weighted by Crippen LogP contribution is -2.44. The molecule has 35 heavy (non-hydrogen) atoms. The number of aromatic nitrogens is 2. The number of aryl methyl sites for hydroxylation is 1. The van der Waals surface area contributed by atoms with Gasteiger partial charge in [-0.3, -0.25) is 14.7 Å². The summed E-state index contributed by atoms with van der Waals surface area (Å²) in [6.07, 6.45) is 5.38. The van der Waals surface area contributed by atoms with Gasteiger partial charge in [0.2, 0.25) is 5.91 Å². The van der Waals surface area contributed by atoms with Crippen molar-refractivity contribution >= 4 is 54.0 Å². The SMILES string of the molecule is CCc1ccc2nc(N(Cc3cccnc3)C(=O)C3CCN(S(=O)(=O)c4cccs4)CC3)sc2c1. The molecule has 0 saturated carbocycles. The van der Waals surface area contributed by atoms with E-state index < -0.39 is 10.0 Å². The van der Waals surface area contributed by atoms with Gasteiger partial charge < -0.3 is 0 Å². The average molecular weight is 527 g/mol. The van der Waals surface area contributed by atoms with Crippen LogP contribution in [-0.4, -0.2) is 41.7 Å². The van der Waals surface area contributed by atoms with Gasteiger partial charge in [-0.05, 0) is 60.0 Å². The van der Waals surface area contributed by atoms with Crippen molar-refractivity contribution in [2.24, 2.45) is 5.92 Å². The molecule has 0 bridgehead atoms. The Kier molecular flexibility index (Phi) is 6.97. The van der Waals surface area contributed by atoms with E-state index in [1.807, 2.05) is 18.2 Å². The smallest absolute Gasteiger partial charge is 0.252 e. The van der Waals surface area contributed by atoms with Gasteiger partial charge in [0.15, 0.2) is 5.13 Å². The number of benzene rings is 1. The Morgan fingerprint density at radius 3 is 2.66 bits per heavy atom. The predicted octanol–water partition coefficient (Wildman–Crippen LogP) is 4.95. The first-order chi connectivity index (χ1) is 17.0. The minimum Gasteiger partial charge on any atom is -0.283 e. The summed E-state index contributed by atoms with van der Waals surface area (Å²) in [4.78, 5) is 24.5. The van der Waals surface area contributed by atoms with Crippen LogP contribution < -0.4 is 4.90 Å². The Labute approximate surface area is 213 Å². The molecule has 1 aliphatic heterocycles. The molecule has 182 valence electrons. The third-order valence-corrected chi connectivity index (χ3v) is 10.6. The summed E-state index contributed by atoms with van der Waals surface area (Å²) in [7, 11) is -3.50. The fourth-order valence-electron chi connectivity index (χ4n) is 4.31. The van der Waals surface area contributed by atoms with Crippen LogP contribution in [0.4, 0.5) is 5.13 Å². The van der Waals surface area contributed by atoms with Gasteiger partial charge >= 0.3 is 0 Å². The van der Waals surface area contributed by atoms with Crippen molar-refractivity contribution in [1.82, 2.24) is 14.3 Å². The summed E-state index contributed by atoms with van der Waals surface area (Å²) in [5.74, 6) is -0.281. The number of amides is 1. The van der Waals surface area contributed by atoms with Crippen molar-refractivity contribution in [2.45, 2.75) is 36.9 Å².